The second-order valence-corrected chi connectivity index (χ2v) is 10.9. The number of hydrogen-bond acceptors (Lipinski definition) is 7. The first-order valence-electron chi connectivity index (χ1n) is 14.2. The lowest BCUT2D eigenvalue weighted by Crippen LogP contribution is -2.36. The molecule has 2 aliphatic heterocycles. The molecule has 2 unspecified atom stereocenters. The van der Waals surface area contributed by atoms with Crippen LogP contribution in [0.5, 0.6) is 11.5 Å². The van der Waals surface area contributed by atoms with Gasteiger partial charge in [0, 0.05) is 36.5 Å². The molecule has 1 aliphatic carbocycles. The molecule has 0 radical (unpaired) electrons. The maximum absolute atomic E-state index is 14.0. The molecule has 0 saturated carbocycles. The average Bonchev–Trinajstić information content (AvgIpc) is 3.14. The number of carbonyl (C=O) groups is 1. The van der Waals surface area contributed by atoms with Gasteiger partial charge in [-0.1, -0.05) is 30.3 Å². The first kappa shape index (κ1) is 26.3. The van der Waals surface area contributed by atoms with Crippen LogP contribution in [0.15, 0.2) is 78.0 Å². The predicted octanol–water partition coefficient (Wildman–Crippen LogP) is 6.30. The normalized spacial score (nSPS) is 20.7. The summed E-state index contributed by atoms with van der Waals surface area (Å²) >= 11 is 0. The number of anilines is 3. The molecular formula is C33H37N3O4. The SMILES string of the molecule is COc1cc(C2CC(=O)C3=C(C2)Nc2ccccc2NC3c2ccc(N3CCOCC3)cc2)ccc1OC(C)C. The van der Waals surface area contributed by atoms with Crippen molar-refractivity contribution in [3.05, 3.63) is 89.1 Å². The summed E-state index contributed by atoms with van der Waals surface area (Å²) < 4.78 is 17.1. The Morgan fingerprint density at radius 3 is 2.35 bits per heavy atom. The van der Waals surface area contributed by atoms with Gasteiger partial charge in [0.2, 0.25) is 0 Å². The summed E-state index contributed by atoms with van der Waals surface area (Å²) in [7, 11) is 1.66. The molecule has 3 aromatic carbocycles. The fraction of sp³-hybridized carbons (Fsp3) is 0.364. The van der Waals surface area contributed by atoms with Gasteiger partial charge in [0.25, 0.3) is 0 Å². The number of fused-ring (bicyclic) bond motifs is 1. The Labute approximate surface area is 236 Å². The van der Waals surface area contributed by atoms with Crippen molar-refractivity contribution in [2.45, 2.75) is 44.8 Å². The lowest BCUT2D eigenvalue weighted by molar-refractivity contribution is -0.116. The van der Waals surface area contributed by atoms with E-state index < -0.39 is 0 Å². The maximum Gasteiger partial charge on any atom is 0.163 e. The molecule has 2 heterocycles. The van der Waals surface area contributed by atoms with Gasteiger partial charge in [0.05, 0.1) is 43.8 Å². The van der Waals surface area contributed by atoms with Crippen LogP contribution >= 0.6 is 0 Å². The summed E-state index contributed by atoms with van der Waals surface area (Å²) in [4.78, 5) is 16.3. The minimum atomic E-state index is -0.241. The summed E-state index contributed by atoms with van der Waals surface area (Å²) in [5.74, 6) is 1.60. The number of nitrogens with one attached hydrogen (secondary N) is 2. The van der Waals surface area contributed by atoms with Gasteiger partial charge in [-0.2, -0.15) is 0 Å². The summed E-state index contributed by atoms with van der Waals surface area (Å²) in [5.41, 5.74) is 7.09. The molecule has 1 saturated heterocycles. The Kier molecular flexibility index (Phi) is 7.39. The van der Waals surface area contributed by atoms with E-state index in [1.165, 1.54) is 5.69 Å². The standard InChI is InChI=1S/C33H37N3O4/c1-21(2)40-30-13-10-23(20-31(30)38-3)24-18-28-32(29(37)19-24)33(35-27-7-5-4-6-26(27)34-28)22-8-11-25(12-9-22)36-14-16-39-17-15-36/h4-13,20-21,24,33-35H,14-19H2,1-3H3. The van der Waals surface area contributed by atoms with Gasteiger partial charge < -0.3 is 29.7 Å². The topological polar surface area (TPSA) is 72.1 Å². The quantitative estimate of drug-likeness (QED) is 0.381. The van der Waals surface area contributed by atoms with Crippen molar-refractivity contribution in [3.8, 4) is 11.5 Å². The van der Waals surface area contributed by atoms with Crippen LogP contribution in [-0.2, 0) is 9.53 Å². The fourth-order valence-corrected chi connectivity index (χ4v) is 5.97. The molecule has 0 spiro atoms. The van der Waals surface area contributed by atoms with Crippen molar-refractivity contribution < 1.29 is 19.0 Å². The second-order valence-electron chi connectivity index (χ2n) is 10.9. The third-order valence-electron chi connectivity index (χ3n) is 7.93. The highest BCUT2D eigenvalue weighted by molar-refractivity contribution is 6.01. The Balaban J connectivity index is 1.34. The second kappa shape index (κ2) is 11.3. The molecular weight excluding hydrogens is 502 g/mol. The van der Waals surface area contributed by atoms with Gasteiger partial charge in [-0.3, -0.25) is 4.79 Å². The number of morpholine rings is 1. The van der Waals surface area contributed by atoms with Crippen molar-refractivity contribution in [2.24, 2.45) is 0 Å². The van der Waals surface area contributed by atoms with Crippen LogP contribution in [0.25, 0.3) is 0 Å². The van der Waals surface area contributed by atoms with Crippen molar-refractivity contribution in [2.75, 3.05) is 48.9 Å². The van der Waals surface area contributed by atoms with E-state index in [9.17, 15) is 4.79 Å². The molecule has 1 fully saturated rings. The zero-order chi connectivity index (χ0) is 27.6. The molecule has 7 heteroatoms. The van der Waals surface area contributed by atoms with Gasteiger partial charge in [-0.15, -0.1) is 0 Å². The number of para-hydroxylation sites is 2. The van der Waals surface area contributed by atoms with Gasteiger partial charge in [-0.05, 0) is 73.7 Å². The van der Waals surface area contributed by atoms with Crippen LogP contribution in [-0.4, -0.2) is 45.3 Å². The van der Waals surface area contributed by atoms with Crippen LogP contribution in [0.2, 0.25) is 0 Å². The summed E-state index contributed by atoms with van der Waals surface area (Å²) in [6.07, 6.45) is 1.22. The number of methoxy groups -OCH3 is 1. The number of benzene rings is 3. The Morgan fingerprint density at radius 2 is 1.62 bits per heavy atom. The monoisotopic (exact) mass is 539 g/mol. The molecule has 2 atom stereocenters. The minimum Gasteiger partial charge on any atom is -0.493 e. The number of nitrogens with zero attached hydrogens (tertiary/aromatic N) is 1. The Hall–Kier alpha value is -3.97. The summed E-state index contributed by atoms with van der Waals surface area (Å²) in [6.45, 7) is 7.28. The Morgan fingerprint density at radius 1 is 0.900 bits per heavy atom. The van der Waals surface area contributed by atoms with E-state index in [-0.39, 0.29) is 23.8 Å². The Bertz CT molecular complexity index is 1410. The van der Waals surface area contributed by atoms with E-state index in [2.05, 4.69) is 58.0 Å². The largest absolute Gasteiger partial charge is 0.493 e. The number of Topliss-reactive ketones (excluding diaryl/α,β-unsaturated/α-hetero) is 1. The van der Waals surface area contributed by atoms with Crippen LogP contribution < -0.4 is 25.0 Å². The number of ketones is 1. The van der Waals surface area contributed by atoms with Gasteiger partial charge in [0.1, 0.15) is 0 Å². The van der Waals surface area contributed by atoms with Gasteiger partial charge in [0.15, 0.2) is 17.3 Å². The smallest absolute Gasteiger partial charge is 0.163 e. The molecule has 40 heavy (non-hydrogen) atoms. The van der Waals surface area contributed by atoms with Crippen molar-refractivity contribution in [1.82, 2.24) is 0 Å². The highest BCUT2D eigenvalue weighted by Crippen LogP contribution is 2.45. The molecule has 3 aliphatic rings. The number of ether oxygens (including phenoxy) is 3. The number of rotatable bonds is 6. The van der Waals surface area contributed by atoms with Crippen LogP contribution in [0, 0.1) is 0 Å². The molecule has 0 amide bonds. The van der Waals surface area contributed by atoms with Crippen LogP contribution in [0.4, 0.5) is 17.1 Å². The summed E-state index contributed by atoms with van der Waals surface area (Å²) in [5, 5.41) is 7.33. The predicted molar refractivity (Wildman–Crippen MR) is 159 cm³/mol. The van der Waals surface area contributed by atoms with E-state index in [1.807, 2.05) is 38.1 Å². The third-order valence-corrected chi connectivity index (χ3v) is 7.93. The molecule has 208 valence electrons. The number of allylic oxidation sites excluding steroid dienone is 1. The molecule has 7 nitrogen and oxygen atoms in total. The third kappa shape index (κ3) is 5.26. The molecule has 6 rings (SSSR count). The number of hydrogen-bond donors (Lipinski definition) is 2. The number of carbonyl (C=O) groups excluding carboxylic acids is 1. The lowest BCUT2D eigenvalue weighted by Gasteiger charge is -2.31. The minimum absolute atomic E-state index is 0.0374. The van der Waals surface area contributed by atoms with Crippen LogP contribution in [0.3, 0.4) is 0 Å². The van der Waals surface area contributed by atoms with E-state index in [1.54, 1.807) is 7.11 Å². The van der Waals surface area contributed by atoms with Gasteiger partial charge in [-0.25, -0.2) is 0 Å². The van der Waals surface area contributed by atoms with Crippen molar-refractivity contribution in [1.29, 1.82) is 0 Å². The van der Waals surface area contributed by atoms with Crippen molar-refractivity contribution in [3.63, 3.8) is 0 Å². The fourth-order valence-electron chi connectivity index (χ4n) is 5.97. The zero-order valence-electron chi connectivity index (χ0n) is 23.4. The maximum atomic E-state index is 14.0. The highest BCUT2D eigenvalue weighted by atomic mass is 16.5. The van der Waals surface area contributed by atoms with Crippen molar-refractivity contribution >= 4 is 22.8 Å². The highest BCUT2D eigenvalue weighted by Gasteiger charge is 2.36. The summed E-state index contributed by atoms with van der Waals surface area (Å²) in [6, 6.07) is 22.6. The molecule has 2 N–H and O–H groups in total. The van der Waals surface area contributed by atoms with E-state index >= 15 is 0 Å². The zero-order valence-corrected chi connectivity index (χ0v) is 23.4. The molecule has 0 aromatic heterocycles. The molecule has 0 bridgehead atoms. The first-order valence-corrected chi connectivity index (χ1v) is 14.2. The van der Waals surface area contributed by atoms with E-state index in [0.717, 1.165) is 72.2 Å². The van der Waals surface area contributed by atoms with Crippen LogP contribution in [0.1, 0.15) is 49.8 Å². The van der Waals surface area contributed by atoms with E-state index in [0.29, 0.717) is 12.2 Å². The van der Waals surface area contributed by atoms with Gasteiger partial charge >= 0.3 is 0 Å². The average molecular weight is 540 g/mol. The molecule has 3 aromatic rings. The lowest BCUT2D eigenvalue weighted by atomic mass is 9.78. The first-order chi connectivity index (χ1) is 19.5. The van der Waals surface area contributed by atoms with E-state index in [4.69, 9.17) is 14.2 Å².